The van der Waals surface area contributed by atoms with E-state index in [1.54, 1.807) is 12.1 Å². The first-order chi connectivity index (χ1) is 16.9. The number of fused-ring (bicyclic) bond motifs is 1. The van der Waals surface area contributed by atoms with Gasteiger partial charge in [-0.15, -0.1) is 0 Å². The molecule has 2 aromatic heterocycles. The minimum atomic E-state index is -3.23. The number of sulfone groups is 1. The second kappa shape index (κ2) is 9.85. The zero-order valence-corrected chi connectivity index (χ0v) is 20.9. The molecule has 8 heteroatoms. The Labute approximate surface area is 206 Å². The van der Waals surface area contributed by atoms with E-state index in [2.05, 4.69) is 27.4 Å². The molecule has 2 N–H and O–H groups in total. The van der Waals surface area contributed by atoms with E-state index >= 15 is 0 Å². The number of rotatable bonds is 6. The van der Waals surface area contributed by atoms with Gasteiger partial charge in [-0.25, -0.2) is 18.2 Å². The van der Waals surface area contributed by atoms with E-state index in [0.717, 1.165) is 47.0 Å². The molecule has 0 spiro atoms. The van der Waals surface area contributed by atoms with Crippen LogP contribution in [0.3, 0.4) is 0 Å². The van der Waals surface area contributed by atoms with E-state index in [0.29, 0.717) is 30.4 Å². The Balaban J connectivity index is 1.34. The number of nitrogens with one attached hydrogen (secondary N) is 2. The number of benzene rings is 1. The van der Waals surface area contributed by atoms with Crippen molar-refractivity contribution in [2.75, 3.05) is 18.8 Å². The number of aromatic amines is 1. The van der Waals surface area contributed by atoms with E-state index in [-0.39, 0.29) is 11.8 Å². The molecular weight excluding hydrogens is 460 g/mol. The molecule has 184 valence electrons. The van der Waals surface area contributed by atoms with Crippen LogP contribution in [0.25, 0.3) is 27.7 Å². The highest BCUT2D eigenvalue weighted by atomic mass is 32.2. The molecule has 3 aromatic rings. The fourth-order valence-corrected chi connectivity index (χ4v) is 6.43. The molecule has 0 atom stereocenters. The number of H-pyrrole nitrogens is 1. The Morgan fingerprint density at radius 3 is 2.63 bits per heavy atom. The van der Waals surface area contributed by atoms with Crippen molar-refractivity contribution in [3.63, 3.8) is 0 Å². The van der Waals surface area contributed by atoms with Gasteiger partial charge in [-0.3, -0.25) is 0 Å². The average molecular weight is 493 g/mol. The lowest BCUT2D eigenvalue weighted by Crippen LogP contribution is -2.45. The molecule has 1 fully saturated rings. The van der Waals surface area contributed by atoms with Crippen molar-refractivity contribution >= 4 is 32.5 Å². The molecule has 2 amide bonds. The quantitative estimate of drug-likeness (QED) is 0.497. The first-order valence-electron chi connectivity index (χ1n) is 12.5. The van der Waals surface area contributed by atoms with Crippen LogP contribution in [-0.2, 0) is 9.84 Å². The van der Waals surface area contributed by atoms with Crippen molar-refractivity contribution in [2.45, 2.75) is 56.4 Å². The number of amides is 2. The average Bonchev–Trinajstić information content (AvgIpc) is 3.54. The largest absolute Gasteiger partial charge is 0.346 e. The van der Waals surface area contributed by atoms with Crippen LogP contribution in [0.1, 0.15) is 51.0 Å². The number of nitrogens with zero attached hydrogens (tertiary/aromatic N) is 2. The summed E-state index contributed by atoms with van der Waals surface area (Å²) < 4.78 is 24.7. The van der Waals surface area contributed by atoms with Gasteiger partial charge in [0.2, 0.25) is 0 Å². The maximum atomic E-state index is 12.6. The molecule has 1 saturated carbocycles. The van der Waals surface area contributed by atoms with Crippen molar-refractivity contribution in [1.29, 1.82) is 0 Å². The maximum Gasteiger partial charge on any atom is 0.317 e. The Morgan fingerprint density at radius 1 is 1.17 bits per heavy atom. The molecular formula is C27H32N4O3S. The molecule has 0 unspecified atom stereocenters. The van der Waals surface area contributed by atoms with Crippen LogP contribution in [-0.4, -0.2) is 54.2 Å². The molecule has 5 rings (SSSR count). The van der Waals surface area contributed by atoms with E-state index in [1.165, 1.54) is 18.4 Å². The number of aromatic nitrogens is 2. The zero-order valence-electron chi connectivity index (χ0n) is 20.1. The minimum Gasteiger partial charge on any atom is -0.346 e. The van der Waals surface area contributed by atoms with Gasteiger partial charge < -0.3 is 15.2 Å². The molecule has 35 heavy (non-hydrogen) atoms. The molecule has 3 heterocycles. The molecule has 0 bridgehead atoms. The second-order valence-corrected chi connectivity index (χ2v) is 11.6. The lowest BCUT2D eigenvalue weighted by molar-refractivity contribution is 0.199. The zero-order chi connectivity index (χ0) is 24.4. The number of carbonyl (C=O) groups excluding carboxylic acids is 1. The maximum absolute atomic E-state index is 12.6. The Kier molecular flexibility index (Phi) is 6.65. The van der Waals surface area contributed by atoms with Gasteiger partial charge in [0, 0.05) is 48.0 Å². The first kappa shape index (κ1) is 23.6. The Bertz CT molecular complexity index is 1350. The highest BCUT2D eigenvalue weighted by Gasteiger charge is 2.23. The van der Waals surface area contributed by atoms with Crippen LogP contribution in [0.15, 0.2) is 53.7 Å². The topological polar surface area (TPSA) is 95.2 Å². The summed E-state index contributed by atoms with van der Waals surface area (Å²) in [5.74, 6) is 0.154. The number of pyridine rings is 1. The highest BCUT2D eigenvalue weighted by molar-refractivity contribution is 7.91. The summed E-state index contributed by atoms with van der Waals surface area (Å²) in [6.45, 7) is 3.16. The Morgan fingerprint density at radius 2 is 1.94 bits per heavy atom. The lowest BCUT2D eigenvalue weighted by atomic mass is 9.98. The normalized spacial score (nSPS) is 17.1. The fraction of sp³-hybridized carbons (Fsp3) is 0.407. The number of hydrogen-bond donors (Lipinski definition) is 2. The Hall–Kier alpha value is -3.13. The second-order valence-electron chi connectivity index (χ2n) is 9.52. The van der Waals surface area contributed by atoms with Gasteiger partial charge in [-0.05, 0) is 55.0 Å². The van der Waals surface area contributed by atoms with E-state index in [1.807, 2.05) is 36.4 Å². The van der Waals surface area contributed by atoms with Crippen molar-refractivity contribution in [3.05, 3.63) is 54.4 Å². The number of urea groups is 1. The minimum absolute atomic E-state index is 0.0412. The summed E-state index contributed by atoms with van der Waals surface area (Å²) >= 11 is 0. The van der Waals surface area contributed by atoms with Crippen molar-refractivity contribution in [3.8, 4) is 11.1 Å². The molecule has 1 aliphatic carbocycles. The summed E-state index contributed by atoms with van der Waals surface area (Å²) in [7, 11) is -3.23. The van der Waals surface area contributed by atoms with Gasteiger partial charge in [0.05, 0.1) is 10.6 Å². The van der Waals surface area contributed by atoms with Gasteiger partial charge >= 0.3 is 6.03 Å². The van der Waals surface area contributed by atoms with Gasteiger partial charge in [-0.1, -0.05) is 38.0 Å². The SMILES string of the molecule is CCCS(=O)(=O)c1ccc(-c2cnc3[nH]cc(C4=CCN(C(=O)NC5CCCC5)CC4)c3c2)cc1. The van der Waals surface area contributed by atoms with Gasteiger partial charge in [0.15, 0.2) is 9.84 Å². The molecule has 1 aromatic carbocycles. The standard InChI is InChI=1S/C27H32N4O3S/c1-2-15-35(33,34)23-9-7-19(8-10-23)21-16-24-25(18-29-26(24)28-17-21)20-11-13-31(14-12-20)27(32)30-22-5-3-4-6-22/h7-11,16-18,22H,2-6,12-15H2,1H3,(H,28,29)(H,30,32). The summed E-state index contributed by atoms with van der Waals surface area (Å²) in [6, 6.07) is 9.52. The lowest BCUT2D eigenvalue weighted by Gasteiger charge is -2.28. The first-order valence-corrected chi connectivity index (χ1v) is 14.1. The predicted octanol–water partition coefficient (Wildman–Crippen LogP) is 5.15. The molecule has 0 saturated heterocycles. The number of hydrogen-bond acceptors (Lipinski definition) is 4. The summed E-state index contributed by atoms with van der Waals surface area (Å²) in [5.41, 5.74) is 4.99. The monoisotopic (exact) mass is 492 g/mol. The fourth-order valence-electron chi connectivity index (χ4n) is 5.10. The van der Waals surface area contributed by atoms with Crippen molar-refractivity contribution < 1.29 is 13.2 Å². The molecule has 0 radical (unpaired) electrons. The van der Waals surface area contributed by atoms with E-state index < -0.39 is 9.84 Å². The van der Waals surface area contributed by atoms with Gasteiger partial charge in [0.1, 0.15) is 5.65 Å². The third kappa shape index (κ3) is 4.98. The van der Waals surface area contributed by atoms with Crippen LogP contribution >= 0.6 is 0 Å². The third-order valence-electron chi connectivity index (χ3n) is 7.08. The van der Waals surface area contributed by atoms with E-state index in [9.17, 15) is 13.2 Å². The third-order valence-corrected chi connectivity index (χ3v) is 9.01. The predicted molar refractivity (Wildman–Crippen MR) is 139 cm³/mol. The molecule has 1 aliphatic heterocycles. The van der Waals surface area contributed by atoms with E-state index in [4.69, 9.17) is 0 Å². The summed E-state index contributed by atoms with van der Waals surface area (Å²) in [6.07, 6.45) is 11.9. The van der Waals surface area contributed by atoms with Crippen molar-refractivity contribution in [2.24, 2.45) is 0 Å². The number of carbonyl (C=O) groups is 1. The summed E-state index contributed by atoms with van der Waals surface area (Å²) in [4.78, 5) is 22.7. The molecule has 7 nitrogen and oxygen atoms in total. The van der Waals surface area contributed by atoms with Crippen LogP contribution in [0.2, 0.25) is 0 Å². The van der Waals surface area contributed by atoms with Crippen LogP contribution in [0, 0.1) is 0 Å². The van der Waals surface area contributed by atoms with Gasteiger partial charge in [0.25, 0.3) is 0 Å². The van der Waals surface area contributed by atoms with Gasteiger partial charge in [-0.2, -0.15) is 0 Å². The van der Waals surface area contributed by atoms with Crippen LogP contribution < -0.4 is 5.32 Å². The smallest absolute Gasteiger partial charge is 0.317 e. The van der Waals surface area contributed by atoms with Crippen LogP contribution in [0.5, 0.6) is 0 Å². The summed E-state index contributed by atoms with van der Waals surface area (Å²) in [5, 5.41) is 4.21. The highest BCUT2D eigenvalue weighted by Crippen LogP contribution is 2.32. The van der Waals surface area contributed by atoms with Crippen molar-refractivity contribution in [1.82, 2.24) is 20.2 Å². The molecule has 2 aliphatic rings. The van der Waals surface area contributed by atoms with Crippen LogP contribution in [0.4, 0.5) is 4.79 Å².